The van der Waals surface area contributed by atoms with Crippen LogP contribution in [0.5, 0.6) is 11.5 Å². The van der Waals surface area contributed by atoms with Crippen molar-refractivity contribution in [2.75, 3.05) is 12.9 Å². The summed E-state index contributed by atoms with van der Waals surface area (Å²) in [6.45, 7) is 1.92. The maximum atomic E-state index is 13.9. The van der Waals surface area contributed by atoms with E-state index in [0.717, 1.165) is 17.2 Å². The lowest BCUT2D eigenvalue weighted by atomic mass is 10.1. The number of carbonyl (C=O) groups is 2. The lowest BCUT2D eigenvalue weighted by molar-refractivity contribution is -0.114. The van der Waals surface area contributed by atoms with E-state index in [4.69, 9.17) is 14.9 Å². The highest BCUT2D eigenvalue weighted by Gasteiger charge is 2.41. The van der Waals surface area contributed by atoms with Crippen molar-refractivity contribution < 1.29 is 31.9 Å². The maximum absolute atomic E-state index is 13.9. The molecule has 0 unspecified atom stereocenters. The molecule has 35 heavy (non-hydrogen) atoms. The third-order valence-corrected chi connectivity index (χ3v) is 6.46. The number of hydrogen-bond acceptors (Lipinski definition) is 9. The molecule has 0 radical (unpaired) electrons. The van der Waals surface area contributed by atoms with E-state index in [1.807, 2.05) is 0 Å². The SMILES string of the molecule is CCOc1cc(/C=C2/C(=N)N3C(=NC2=O)SN=C3S(C)(=O)=O)ccc1OC(=O)c1ccccc1F. The van der Waals surface area contributed by atoms with Gasteiger partial charge in [-0.3, -0.25) is 10.2 Å². The van der Waals surface area contributed by atoms with E-state index in [-0.39, 0.29) is 34.4 Å². The van der Waals surface area contributed by atoms with E-state index in [1.54, 1.807) is 6.92 Å². The highest BCUT2D eigenvalue weighted by molar-refractivity contribution is 8.16. The molecule has 1 N–H and O–H groups in total. The van der Waals surface area contributed by atoms with Crippen molar-refractivity contribution in [2.24, 2.45) is 9.39 Å². The molecule has 4 rings (SSSR count). The lowest BCUT2D eigenvalue weighted by Gasteiger charge is -2.23. The number of esters is 1. The van der Waals surface area contributed by atoms with E-state index in [0.29, 0.717) is 17.5 Å². The summed E-state index contributed by atoms with van der Waals surface area (Å²) in [4.78, 5) is 29.8. The maximum Gasteiger partial charge on any atom is 0.346 e. The van der Waals surface area contributed by atoms with Crippen LogP contribution in [0.3, 0.4) is 0 Å². The first-order valence-corrected chi connectivity index (χ1v) is 12.7. The Morgan fingerprint density at radius 1 is 1.23 bits per heavy atom. The summed E-state index contributed by atoms with van der Waals surface area (Å²) < 4.78 is 52.6. The molecular formula is C22H17FN4O6S2. The topological polar surface area (TPSA) is 139 Å². The largest absolute Gasteiger partial charge is 0.490 e. The Balaban J connectivity index is 1.66. The second-order valence-corrected chi connectivity index (χ2v) is 9.83. The van der Waals surface area contributed by atoms with Gasteiger partial charge >= 0.3 is 5.97 Å². The molecule has 2 aliphatic heterocycles. The molecular weight excluding hydrogens is 499 g/mol. The predicted octanol–water partition coefficient (Wildman–Crippen LogP) is 3.06. The van der Waals surface area contributed by atoms with Crippen LogP contribution in [-0.4, -0.2) is 54.2 Å². The van der Waals surface area contributed by atoms with Gasteiger partial charge in [-0.15, -0.1) is 0 Å². The van der Waals surface area contributed by atoms with Crippen LogP contribution >= 0.6 is 11.9 Å². The minimum Gasteiger partial charge on any atom is -0.490 e. The van der Waals surface area contributed by atoms with Crippen molar-refractivity contribution in [1.29, 1.82) is 5.41 Å². The second-order valence-electron chi connectivity index (χ2n) is 7.19. The van der Waals surface area contributed by atoms with E-state index in [1.165, 1.54) is 42.5 Å². The van der Waals surface area contributed by atoms with Gasteiger partial charge in [0.1, 0.15) is 11.7 Å². The molecule has 10 nitrogen and oxygen atoms in total. The first kappa shape index (κ1) is 24.3. The van der Waals surface area contributed by atoms with Crippen LogP contribution in [0.25, 0.3) is 6.08 Å². The van der Waals surface area contributed by atoms with Gasteiger partial charge in [0.05, 0.1) is 29.7 Å². The Bertz CT molecular complexity index is 1470. The zero-order valence-electron chi connectivity index (χ0n) is 18.3. The smallest absolute Gasteiger partial charge is 0.346 e. The third-order valence-electron chi connectivity index (χ3n) is 4.70. The number of benzene rings is 2. The van der Waals surface area contributed by atoms with Gasteiger partial charge in [0, 0.05) is 6.26 Å². The standard InChI is InChI=1S/C22H17FN4O6S2/c1-3-32-17-11-12(8-9-16(17)33-20(29)13-6-4-5-7-15(13)23)10-14-18(24)27-21(25-19(14)28)34-26-22(27)35(2,30)31/h4-11,24H,3H2,1-2H3/b14-10-,24-18?. The van der Waals surface area contributed by atoms with Crippen LogP contribution in [0.1, 0.15) is 22.8 Å². The normalized spacial score (nSPS) is 16.7. The quantitative estimate of drug-likeness (QED) is 0.277. The number of carbonyl (C=O) groups excluding carboxylic acids is 2. The molecule has 0 saturated heterocycles. The van der Waals surface area contributed by atoms with Gasteiger partial charge in [0.2, 0.25) is 20.2 Å². The molecule has 0 saturated carbocycles. The van der Waals surface area contributed by atoms with Gasteiger partial charge in [-0.1, -0.05) is 18.2 Å². The van der Waals surface area contributed by atoms with E-state index in [2.05, 4.69) is 9.39 Å². The number of halogens is 1. The van der Waals surface area contributed by atoms with Gasteiger partial charge in [-0.2, -0.15) is 9.39 Å². The third kappa shape index (κ3) is 4.86. The number of amides is 1. The number of rotatable bonds is 5. The monoisotopic (exact) mass is 516 g/mol. The lowest BCUT2D eigenvalue weighted by Crippen LogP contribution is -2.45. The van der Waals surface area contributed by atoms with Crippen molar-refractivity contribution in [3.63, 3.8) is 0 Å². The molecule has 2 aromatic rings. The number of amidine groups is 3. The summed E-state index contributed by atoms with van der Waals surface area (Å²) in [5.74, 6) is -2.63. The van der Waals surface area contributed by atoms with Gasteiger partial charge < -0.3 is 9.47 Å². The number of sulfone groups is 1. The number of fused-ring (bicyclic) bond motifs is 1. The van der Waals surface area contributed by atoms with Crippen molar-refractivity contribution in [1.82, 2.24) is 4.90 Å². The van der Waals surface area contributed by atoms with Crippen LogP contribution < -0.4 is 9.47 Å². The molecule has 1 amide bonds. The van der Waals surface area contributed by atoms with Crippen LogP contribution in [0.4, 0.5) is 4.39 Å². The van der Waals surface area contributed by atoms with Crippen molar-refractivity contribution >= 4 is 55.9 Å². The Morgan fingerprint density at radius 3 is 2.66 bits per heavy atom. The van der Waals surface area contributed by atoms with Gasteiger partial charge in [-0.25, -0.2) is 22.5 Å². The fourth-order valence-corrected chi connectivity index (χ4v) is 5.00. The van der Waals surface area contributed by atoms with Crippen LogP contribution in [0, 0.1) is 11.2 Å². The molecule has 2 aliphatic rings. The number of nitrogens with zero attached hydrogens (tertiary/aromatic N) is 3. The molecule has 0 atom stereocenters. The molecule has 0 fully saturated rings. The average Bonchev–Trinajstić information content (AvgIpc) is 3.23. The van der Waals surface area contributed by atoms with Gasteiger partial charge in [0.15, 0.2) is 11.5 Å². The van der Waals surface area contributed by atoms with Crippen molar-refractivity contribution in [3.05, 3.63) is 65.0 Å². The van der Waals surface area contributed by atoms with Gasteiger partial charge in [-0.05, 0) is 42.8 Å². The Morgan fingerprint density at radius 2 is 1.97 bits per heavy atom. The predicted molar refractivity (Wildman–Crippen MR) is 129 cm³/mol. The Kier molecular flexibility index (Phi) is 6.54. The molecule has 2 heterocycles. The Labute approximate surface area is 203 Å². The average molecular weight is 517 g/mol. The fraction of sp³-hybridized carbons (Fsp3) is 0.136. The Hall–Kier alpha value is -3.84. The molecule has 0 spiro atoms. The summed E-state index contributed by atoms with van der Waals surface area (Å²) in [7, 11) is -3.78. The van der Waals surface area contributed by atoms with Gasteiger partial charge in [0.25, 0.3) is 5.91 Å². The van der Waals surface area contributed by atoms with Crippen molar-refractivity contribution in [3.8, 4) is 11.5 Å². The fourth-order valence-electron chi connectivity index (χ4n) is 3.15. The first-order valence-electron chi connectivity index (χ1n) is 10.0. The molecule has 180 valence electrons. The number of hydrogen-bond donors (Lipinski definition) is 1. The summed E-state index contributed by atoms with van der Waals surface area (Å²) in [6.07, 6.45) is 2.27. The first-order chi connectivity index (χ1) is 16.6. The van der Waals surface area contributed by atoms with E-state index in [9.17, 15) is 22.4 Å². The minimum atomic E-state index is -3.78. The number of aliphatic imine (C=N–C) groups is 1. The van der Waals surface area contributed by atoms with Crippen LogP contribution in [-0.2, 0) is 14.6 Å². The highest BCUT2D eigenvalue weighted by atomic mass is 32.2. The summed E-state index contributed by atoms with van der Waals surface area (Å²) in [6, 6.07) is 9.73. The highest BCUT2D eigenvalue weighted by Crippen LogP contribution is 2.33. The summed E-state index contributed by atoms with van der Waals surface area (Å²) in [5.41, 5.74) is -0.0374. The zero-order chi connectivity index (χ0) is 25.3. The van der Waals surface area contributed by atoms with E-state index >= 15 is 0 Å². The molecule has 0 bridgehead atoms. The molecule has 13 heteroatoms. The summed E-state index contributed by atoms with van der Waals surface area (Å²) >= 11 is 0.694. The van der Waals surface area contributed by atoms with Crippen LogP contribution in [0.2, 0.25) is 0 Å². The second kappa shape index (κ2) is 9.43. The van der Waals surface area contributed by atoms with Crippen molar-refractivity contribution in [2.45, 2.75) is 6.92 Å². The van der Waals surface area contributed by atoms with Crippen LogP contribution in [0.15, 0.2) is 57.4 Å². The number of nitrogens with one attached hydrogen (secondary N) is 1. The number of ether oxygens (including phenoxy) is 2. The molecule has 2 aromatic carbocycles. The molecule has 0 aliphatic carbocycles. The summed E-state index contributed by atoms with van der Waals surface area (Å²) in [5, 5.41) is 7.99. The minimum absolute atomic E-state index is 0.0232. The zero-order valence-corrected chi connectivity index (χ0v) is 19.9. The molecule has 0 aromatic heterocycles. The van der Waals surface area contributed by atoms with E-state index < -0.39 is 38.5 Å².